The van der Waals surface area contributed by atoms with Crippen molar-refractivity contribution in [2.75, 3.05) is 18.0 Å². The van der Waals surface area contributed by atoms with E-state index in [0.29, 0.717) is 11.8 Å². The van der Waals surface area contributed by atoms with E-state index < -0.39 is 0 Å². The fraction of sp³-hybridized carbons (Fsp3) is 0.667. The Morgan fingerprint density at radius 1 is 1.38 bits per heavy atom. The number of aliphatic hydroxyl groups is 1. The average molecular weight is 219 g/mol. The van der Waals surface area contributed by atoms with Crippen LogP contribution in [0, 0.1) is 18.8 Å². The predicted octanol–water partition coefficient (Wildman–Crippen LogP) is 0.992. The second-order valence-corrected chi connectivity index (χ2v) is 4.97. The van der Waals surface area contributed by atoms with Gasteiger partial charge in [-0.1, -0.05) is 0 Å². The van der Waals surface area contributed by atoms with Crippen molar-refractivity contribution in [2.24, 2.45) is 11.8 Å². The van der Waals surface area contributed by atoms with Crippen LogP contribution in [0.5, 0.6) is 0 Å². The zero-order valence-electron chi connectivity index (χ0n) is 9.50. The number of anilines is 1. The molecule has 0 spiro atoms. The molecule has 2 fully saturated rings. The molecule has 1 aliphatic heterocycles. The van der Waals surface area contributed by atoms with Crippen molar-refractivity contribution in [3.63, 3.8) is 0 Å². The number of hydrogen-bond donors (Lipinski definition) is 1. The molecular weight excluding hydrogens is 202 g/mol. The SMILES string of the molecule is Cc1ccnc(N2CC3CCC(O)C3C2)n1. The van der Waals surface area contributed by atoms with Gasteiger partial charge < -0.3 is 10.0 Å². The summed E-state index contributed by atoms with van der Waals surface area (Å²) in [5.74, 6) is 1.89. The van der Waals surface area contributed by atoms with Gasteiger partial charge >= 0.3 is 0 Å². The maximum atomic E-state index is 9.85. The number of rotatable bonds is 1. The molecule has 4 nitrogen and oxygen atoms in total. The topological polar surface area (TPSA) is 49.2 Å². The first kappa shape index (κ1) is 10.0. The average Bonchev–Trinajstić information content (AvgIpc) is 2.81. The molecule has 16 heavy (non-hydrogen) atoms. The quantitative estimate of drug-likeness (QED) is 0.765. The summed E-state index contributed by atoms with van der Waals surface area (Å²) in [6, 6.07) is 1.91. The van der Waals surface area contributed by atoms with Gasteiger partial charge in [-0.05, 0) is 31.7 Å². The highest BCUT2D eigenvalue weighted by Gasteiger charge is 2.42. The van der Waals surface area contributed by atoms with Gasteiger partial charge in [-0.15, -0.1) is 0 Å². The van der Waals surface area contributed by atoms with Crippen LogP contribution in [-0.2, 0) is 0 Å². The molecule has 3 unspecified atom stereocenters. The van der Waals surface area contributed by atoms with Crippen LogP contribution in [0.15, 0.2) is 12.3 Å². The van der Waals surface area contributed by atoms with Gasteiger partial charge in [0.1, 0.15) is 0 Å². The van der Waals surface area contributed by atoms with Crippen LogP contribution in [0.2, 0.25) is 0 Å². The summed E-state index contributed by atoms with van der Waals surface area (Å²) < 4.78 is 0. The van der Waals surface area contributed by atoms with E-state index in [1.165, 1.54) is 0 Å². The van der Waals surface area contributed by atoms with E-state index in [1.807, 2.05) is 19.2 Å². The van der Waals surface area contributed by atoms with Gasteiger partial charge in [0, 0.05) is 30.9 Å². The maximum absolute atomic E-state index is 9.85. The minimum atomic E-state index is -0.111. The monoisotopic (exact) mass is 219 g/mol. The highest BCUT2D eigenvalue weighted by molar-refractivity contribution is 5.33. The Morgan fingerprint density at radius 2 is 2.25 bits per heavy atom. The summed E-state index contributed by atoms with van der Waals surface area (Å²) in [4.78, 5) is 11.0. The van der Waals surface area contributed by atoms with E-state index in [-0.39, 0.29) is 6.10 Å². The molecule has 1 saturated carbocycles. The Morgan fingerprint density at radius 3 is 3.00 bits per heavy atom. The molecule has 0 bridgehead atoms. The van der Waals surface area contributed by atoms with E-state index >= 15 is 0 Å². The van der Waals surface area contributed by atoms with Gasteiger partial charge in [-0.2, -0.15) is 0 Å². The number of hydrogen-bond acceptors (Lipinski definition) is 4. The number of aryl methyl sites for hydroxylation is 1. The largest absolute Gasteiger partial charge is 0.393 e. The Hall–Kier alpha value is -1.16. The third-order valence-electron chi connectivity index (χ3n) is 3.88. The zero-order chi connectivity index (χ0) is 11.1. The first-order valence-corrected chi connectivity index (χ1v) is 5.96. The molecular formula is C12H17N3O. The molecule has 1 saturated heterocycles. The second kappa shape index (κ2) is 3.70. The molecule has 3 atom stereocenters. The lowest BCUT2D eigenvalue weighted by atomic mass is 10.00. The highest BCUT2D eigenvalue weighted by atomic mass is 16.3. The summed E-state index contributed by atoms with van der Waals surface area (Å²) in [5.41, 5.74) is 1.00. The lowest BCUT2D eigenvalue weighted by molar-refractivity contribution is 0.133. The van der Waals surface area contributed by atoms with Crippen molar-refractivity contribution in [2.45, 2.75) is 25.9 Å². The van der Waals surface area contributed by atoms with E-state index in [1.54, 1.807) is 0 Å². The molecule has 0 radical (unpaired) electrons. The Labute approximate surface area is 95.3 Å². The van der Waals surface area contributed by atoms with Gasteiger partial charge in [0.05, 0.1) is 6.10 Å². The van der Waals surface area contributed by atoms with Crippen LogP contribution in [0.25, 0.3) is 0 Å². The van der Waals surface area contributed by atoms with Crippen LogP contribution >= 0.6 is 0 Å². The van der Waals surface area contributed by atoms with Gasteiger partial charge in [0.2, 0.25) is 5.95 Å². The Bertz CT molecular complexity index is 396. The summed E-state index contributed by atoms with van der Waals surface area (Å²) in [7, 11) is 0. The lowest BCUT2D eigenvalue weighted by Gasteiger charge is -2.18. The lowest BCUT2D eigenvalue weighted by Crippen LogP contribution is -2.26. The van der Waals surface area contributed by atoms with Crippen molar-refractivity contribution in [3.05, 3.63) is 18.0 Å². The van der Waals surface area contributed by atoms with Crippen molar-refractivity contribution in [3.8, 4) is 0 Å². The van der Waals surface area contributed by atoms with Gasteiger partial charge in [0.25, 0.3) is 0 Å². The molecule has 1 aliphatic carbocycles. The van der Waals surface area contributed by atoms with Crippen molar-refractivity contribution < 1.29 is 5.11 Å². The normalized spacial score (nSPS) is 33.1. The minimum Gasteiger partial charge on any atom is -0.393 e. The van der Waals surface area contributed by atoms with Crippen LogP contribution in [0.4, 0.5) is 5.95 Å². The molecule has 86 valence electrons. The van der Waals surface area contributed by atoms with Crippen molar-refractivity contribution >= 4 is 5.95 Å². The van der Waals surface area contributed by atoms with Gasteiger partial charge in [-0.25, -0.2) is 9.97 Å². The summed E-state index contributed by atoms with van der Waals surface area (Å²) in [6.45, 7) is 3.90. The standard InChI is InChI=1S/C12H17N3O/c1-8-4-5-13-12(14-8)15-6-9-2-3-11(16)10(9)7-15/h4-5,9-11,16H,2-3,6-7H2,1H3. The molecule has 1 aromatic rings. The van der Waals surface area contributed by atoms with Crippen LogP contribution in [0.1, 0.15) is 18.5 Å². The number of nitrogens with zero attached hydrogens (tertiary/aromatic N) is 3. The van der Waals surface area contributed by atoms with E-state index in [2.05, 4.69) is 14.9 Å². The second-order valence-electron chi connectivity index (χ2n) is 4.97. The van der Waals surface area contributed by atoms with Crippen LogP contribution < -0.4 is 4.90 Å². The smallest absolute Gasteiger partial charge is 0.225 e. The number of aliphatic hydroxyl groups excluding tert-OH is 1. The number of aromatic nitrogens is 2. The molecule has 1 aromatic heterocycles. The molecule has 2 heterocycles. The Balaban J connectivity index is 1.79. The molecule has 4 heteroatoms. The highest BCUT2D eigenvalue weighted by Crippen LogP contribution is 2.38. The number of fused-ring (bicyclic) bond motifs is 1. The fourth-order valence-corrected chi connectivity index (χ4v) is 2.99. The van der Waals surface area contributed by atoms with E-state index in [4.69, 9.17) is 0 Å². The summed E-state index contributed by atoms with van der Waals surface area (Å²) in [6.07, 6.45) is 3.81. The van der Waals surface area contributed by atoms with E-state index in [9.17, 15) is 5.11 Å². The van der Waals surface area contributed by atoms with Crippen molar-refractivity contribution in [1.29, 1.82) is 0 Å². The molecule has 1 N–H and O–H groups in total. The molecule has 0 aromatic carbocycles. The third-order valence-corrected chi connectivity index (χ3v) is 3.88. The maximum Gasteiger partial charge on any atom is 0.225 e. The Kier molecular flexibility index (Phi) is 2.32. The predicted molar refractivity (Wildman–Crippen MR) is 61.2 cm³/mol. The zero-order valence-corrected chi connectivity index (χ0v) is 9.50. The first-order chi connectivity index (χ1) is 7.74. The van der Waals surface area contributed by atoms with E-state index in [0.717, 1.165) is 37.6 Å². The minimum absolute atomic E-state index is 0.111. The van der Waals surface area contributed by atoms with Crippen molar-refractivity contribution in [1.82, 2.24) is 9.97 Å². The fourth-order valence-electron chi connectivity index (χ4n) is 2.99. The third kappa shape index (κ3) is 1.57. The first-order valence-electron chi connectivity index (χ1n) is 5.96. The molecule has 0 amide bonds. The van der Waals surface area contributed by atoms with Gasteiger partial charge in [0.15, 0.2) is 0 Å². The summed E-state index contributed by atoms with van der Waals surface area (Å²) >= 11 is 0. The van der Waals surface area contributed by atoms with Crippen LogP contribution in [0.3, 0.4) is 0 Å². The van der Waals surface area contributed by atoms with Crippen LogP contribution in [-0.4, -0.2) is 34.3 Å². The van der Waals surface area contributed by atoms with Gasteiger partial charge in [-0.3, -0.25) is 0 Å². The molecule has 2 aliphatic rings. The summed E-state index contributed by atoms with van der Waals surface area (Å²) in [5, 5.41) is 9.85. The molecule has 3 rings (SSSR count).